The van der Waals surface area contributed by atoms with Gasteiger partial charge in [-0.05, 0) is 35.6 Å². The van der Waals surface area contributed by atoms with E-state index >= 15 is 0 Å². The predicted molar refractivity (Wildman–Crippen MR) is 91.3 cm³/mol. The molecule has 3 rings (SSSR count). The van der Waals surface area contributed by atoms with Crippen molar-refractivity contribution in [3.63, 3.8) is 0 Å². The van der Waals surface area contributed by atoms with Gasteiger partial charge in [0.25, 0.3) is 0 Å². The molecule has 0 aliphatic carbocycles. The first kappa shape index (κ1) is 17.5. The van der Waals surface area contributed by atoms with Crippen LogP contribution in [-0.4, -0.2) is 36.3 Å². The second kappa shape index (κ2) is 7.71. The van der Waals surface area contributed by atoms with E-state index in [0.717, 1.165) is 31.6 Å². The van der Waals surface area contributed by atoms with Crippen LogP contribution < -0.4 is 10.6 Å². The Balaban J connectivity index is 1.43. The lowest BCUT2D eigenvalue weighted by Gasteiger charge is -2.26. The smallest absolute Gasteiger partial charge is 0.243 e. The highest BCUT2D eigenvalue weighted by molar-refractivity contribution is 7.10. The molecule has 8 heteroatoms. The van der Waals surface area contributed by atoms with Crippen molar-refractivity contribution in [1.82, 2.24) is 10.2 Å². The highest BCUT2D eigenvalue weighted by Gasteiger charge is 2.19. The highest BCUT2D eigenvalue weighted by Crippen LogP contribution is 2.23. The summed E-state index contributed by atoms with van der Waals surface area (Å²) in [5.41, 5.74) is 1.39. The number of anilines is 1. The second-order valence-electron chi connectivity index (χ2n) is 5.78. The van der Waals surface area contributed by atoms with Crippen molar-refractivity contribution < 1.29 is 18.4 Å². The predicted octanol–water partition coefficient (Wildman–Crippen LogP) is 2.14. The maximum absolute atomic E-state index is 13.1. The number of hydrogen-bond acceptors (Lipinski definition) is 4. The Labute approximate surface area is 147 Å². The molecule has 2 N–H and O–H groups in total. The van der Waals surface area contributed by atoms with Crippen LogP contribution in [0.15, 0.2) is 29.6 Å². The molecule has 1 aromatic heterocycles. The van der Waals surface area contributed by atoms with Gasteiger partial charge < -0.3 is 10.6 Å². The molecular formula is C17H17F2N3O2S. The first-order chi connectivity index (χ1) is 12.0. The zero-order chi connectivity index (χ0) is 17.8. The van der Waals surface area contributed by atoms with Crippen LogP contribution >= 0.6 is 11.3 Å². The van der Waals surface area contributed by atoms with Crippen LogP contribution in [0.25, 0.3) is 0 Å². The van der Waals surface area contributed by atoms with Crippen molar-refractivity contribution in [2.45, 2.75) is 13.0 Å². The normalized spacial score (nSPS) is 14.0. The molecule has 0 saturated carbocycles. The summed E-state index contributed by atoms with van der Waals surface area (Å²) in [4.78, 5) is 27.1. The van der Waals surface area contributed by atoms with Crippen LogP contribution in [0.3, 0.4) is 0 Å². The van der Waals surface area contributed by atoms with Gasteiger partial charge in [-0.3, -0.25) is 14.5 Å². The van der Waals surface area contributed by atoms with Crippen LogP contribution in [0, 0.1) is 11.6 Å². The molecule has 2 amide bonds. The van der Waals surface area contributed by atoms with Gasteiger partial charge in [-0.2, -0.15) is 0 Å². The van der Waals surface area contributed by atoms with Gasteiger partial charge in [-0.25, -0.2) is 8.78 Å². The lowest BCUT2D eigenvalue weighted by molar-refractivity contribution is -0.125. The number of amides is 2. The molecule has 5 nitrogen and oxygen atoms in total. The number of nitrogens with one attached hydrogen (secondary N) is 2. The maximum atomic E-state index is 13.1. The highest BCUT2D eigenvalue weighted by atomic mass is 32.1. The third kappa shape index (κ3) is 4.61. The summed E-state index contributed by atoms with van der Waals surface area (Å²) in [5.74, 6) is -2.78. The summed E-state index contributed by atoms with van der Waals surface area (Å²) < 4.78 is 25.9. The van der Waals surface area contributed by atoms with Gasteiger partial charge in [0, 0.05) is 29.7 Å². The van der Waals surface area contributed by atoms with E-state index in [2.05, 4.69) is 22.1 Å². The molecule has 0 saturated heterocycles. The molecule has 0 atom stereocenters. The summed E-state index contributed by atoms with van der Waals surface area (Å²) in [6, 6.07) is 5.14. The average Bonchev–Trinajstić information content (AvgIpc) is 3.04. The first-order valence-electron chi connectivity index (χ1n) is 7.80. The Morgan fingerprint density at radius 3 is 2.80 bits per heavy atom. The quantitative estimate of drug-likeness (QED) is 0.853. The van der Waals surface area contributed by atoms with E-state index in [4.69, 9.17) is 0 Å². The van der Waals surface area contributed by atoms with Gasteiger partial charge in [0.2, 0.25) is 11.8 Å². The Hall–Kier alpha value is -2.32. The lowest BCUT2D eigenvalue weighted by atomic mass is 10.1. The van der Waals surface area contributed by atoms with Crippen LogP contribution in [-0.2, 0) is 22.6 Å². The molecule has 0 unspecified atom stereocenters. The third-order valence-electron chi connectivity index (χ3n) is 3.90. The molecule has 2 aromatic rings. The van der Waals surface area contributed by atoms with Gasteiger partial charge in [-0.1, -0.05) is 0 Å². The van der Waals surface area contributed by atoms with E-state index < -0.39 is 17.5 Å². The van der Waals surface area contributed by atoms with Crippen LogP contribution in [0.4, 0.5) is 14.5 Å². The molecule has 132 valence electrons. The van der Waals surface area contributed by atoms with E-state index in [0.29, 0.717) is 0 Å². The van der Waals surface area contributed by atoms with E-state index in [1.54, 1.807) is 11.3 Å². The molecular weight excluding hydrogens is 348 g/mol. The Morgan fingerprint density at radius 2 is 2.00 bits per heavy atom. The van der Waals surface area contributed by atoms with E-state index in [9.17, 15) is 18.4 Å². The number of thiophene rings is 1. The Morgan fingerprint density at radius 1 is 1.16 bits per heavy atom. The lowest BCUT2D eigenvalue weighted by Crippen LogP contribution is -2.42. The fourth-order valence-electron chi connectivity index (χ4n) is 2.66. The van der Waals surface area contributed by atoms with Gasteiger partial charge in [0.05, 0.1) is 13.1 Å². The minimum absolute atomic E-state index is 0.138. The van der Waals surface area contributed by atoms with Crippen LogP contribution in [0.1, 0.15) is 10.4 Å². The topological polar surface area (TPSA) is 61.4 Å². The Bertz CT molecular complexity index is 794. The minimum atomic E-state index is -1.04. The van der Waals surface area contributed by atoms with Crippen molar-refractivity contribution in [3.05, 3.63) is 51.7 Å². The van der Waals surface area contributed by atoms with Crippen molar-refractivity contribution >= 4 is 28.8 Å². The molecule has 1 aromatic carbocycles. The average molecular weight is 365 g/mol. The molecule has 0 radical (unpaired) electrons. The molecule has 0 bridgehead atoms. The van der Waals surface area contributed by atoms with E-state index in [1.807, 2.05) is 4.90 Å². The number of carbonyl (C=O) groups excluding carboxylic acids is 2. The zero-order valence-electron chi connectivity index (χ0n) is 13.4. The molecule has 2 heterocycles. The number of fused-ring (bicyclic) bond motifs is 1. The first-order valence-corrected chi connectivity index (χ1v) is 8.68. The SMILES string of the molecule is O=C(CN1CCc2sccc2C1)NCC(=O)Nc1ccc(F)c(F)c1. The van der Waals surface area contributed by atoms with Gasteiger partial charge >= 0.3 is 0 Å². The number of benzene rings is 1. The zero-order valence-corrected chi connectivity index (χ0v) is 14.2. The van der Waals surface area contributed by atoms with Crippen molar-refractivity contribution in [3.8, 4) is 0 Å². The van der Waals surface area contributed by atoms with Crippen molar-refractivity contribution in [1.29, 1.82) is 0 Å². The number of hydrogen-bond donors (Lipinski definition) is 2. The molecule has 0 fully saturated rings. The summed E-state index contributed by atoms with van der Waals surface area (Å²) in [6.07, 6.45) is 0.927. The maximum Gasteiger partial charge on any atom is 0.243 e. The molecule has 1 aliphatic rings. The molecule has 0 spiro atoms. The fraction of sp³-hybridized carbons (Fsp3) is 0.294. The minimum Gasteiger partial charge on any atom is -0.346 e. The third-order valence-corrected chi connectivity index (χ3v) is 4.93. The molecule has 1 aliphatic heterocycles. The summed E-state index contributed by atoms with van der Waals surface area (Å²) in [6.45, 7) is 1.53. The van der Waals surface area contributed by atoms with Gasteiger partial charge in [0.1, 0.15) is 0 Å². The van der Waals surface area contributed by atoms with Crippen LogP contribution in [0.2, 0.25) is 0 Å². The van der Waals surface area contributed by atoms with Crippen LogP contribution in [0.5, 0.6) is 0 Å². The standard InChI is InChI=1S/C17H17F2N3O2S/c18-13-2-1-12(7-14(13)19)21-16(23)8-20-17(24)10-22-5-3-15-11(9-22)4-6-25-15/h1-2,4,6-7H,3,5,8-10H2,(H,20,24)(H,21,23). The summed E-state index contributed by atoms with van der Waals surface area (Å²) in [7, 11) is 0. The number of nitrogens with zero attached hydrogens (tertiary/aromatic N) is 1. The molecule has 25 heavy (non-hydrogen) atoms. The van der Waals surface area contributed by atoms with E-state index in [-0.39, 0.29) is 24.7 Å². The fourth-order valence-corrected chi connectivity index (χ4v) is 3.55. The van der Waals surface area contributed by atoms with E-state index in [1.165, 1.54) is 16.5 Å². The van der Waals surface area contributed by atoms with Gasteiger partial charge in [0.15, 0.2) is 11.6 Å². The summed E-state index contributed by atoms with van der Waals surface area (Å²) >= 11 is 1.73. The number of halogens is 2. The number of carbonyl (C=O) groups is 2. The second-order valence-corrected chi connectivity index (χ2v) is 6.78. The largest absolute Gasteiger partial charge is 0.346 e. The summed E-state index contributed by atoms with van der Waals surface area (Å²) in [5, 5.41) is 6.99. The Kier molecular flexibility index (Phi) is 5.40. The van der Waals surface area contributed by atoms with Crippen molar-refractivity contribution in [2.75, 3.05) is 25.0 Å². The number of rotatable bonds is 5. The van der Waals surface area contributed by atoms with Gasteiger partial charge in [-0.15, -0.1) is 11.3 Å². The monoisotopic (exact) mass is 365 g/mol. The van der Waals surface area contributed by atoms with Crippen molar-refractivity contribution in [2.24, 2.45) is 0 Å².